The van der Waals surface area contributed by atoms with Gasteiger partial charge in [0.25, 0.3) is 11.8 Å². The van der Waals surface area contributed by atoms with Gasteiger partial charge in [-0.25, -0.2) is 9.37 Å². The summed E-state index contributed by atoms with van der Waals surface area (Å²) in [6, 6.07) is 14.7. The molecule has 0 aliphatic carbocycles. The SMILES string of the molecule is CC1Oc2ccc(NC(=O)c3cccnc3Cl)cc2CN(CCc2ccc(F)cc2)C1=O. The van der Waals surface area contributed by atoms with Crippen LogP contribution in [0.25, 0.3) is 0 Å². The number of pyridine rings is 1. The summed E-state index contributed by atoms with van der Waals surface area (Å²) in [5, 5.41) is 2.93. The molecule has 2 aromatic carbocycles. The van der Waals surface area contributed by atoms with Crippen molar-refractivity contribution in [3.63, 3.8) is 0 Å². The maximum absolute atomic E-state index is 13.2. The van der Waals surface area contributed by atoms with Crippen molar-refractivity contribution in [1.82, 2.24) is 9.88 Å². The molecule has 1 unspecified atom stereocenters. The minimum Gasteiger partial charge on any atom is -0.481 e. The van der Waals surface area contributed by atoms with Gasteiger partial charge < -0.3 is 15.0 Å². The third-order valence-electron chi connectivity index (χ3n) is 5.23. The predicted molar refractivity (Wildman–Crippen MR) is 119 cm³/mol. The van der Waals surface area contributed by atoms with Gasteiger partial charge in [-0.05, 0) is 61.4 Å². The second kappa shape index (κ2) is 9.36. The van der Waals surface area contributed by atoms with Gasteiger partial charge in [-0.1, -0.05) is 23.7 Å². The summed E-state index contributed by atoms with van der Waals surface area (Å²) in [7, 11) is 0. The zero-order valence-electron chi connectivity index (χ0n) is 17.3. The van der Waals surface area contributed by atoms with E-state index in [4.69, 9.17) is 16.3 Å². The van der Waals surface area contributed by atoms with Crippen LogP contribution < -0.4 is 10.1 Å². The van der Waals surface area contributed by atoms with E-state index in [0.29, 0.717) is 30.9 Å². The molecule has 1 aromatic heterocycles. The van der Waals surface area contributed by atoms with E-state index in [2.05, 4.69) is 10.3 Å². The second-order valence-electron chi connectivity index (χ2n) is 7.51. The molecular weight excluding hydrogens is 433 g/mol. The maximum Gasteiger partial charge on any atom is 0.263 e. The lowest BCUT2D eigenvalue weighted by Gasteiger charge is -2.22. The normalized spacial score (nSPS) is 15.5. The predicted octanol–water partition coefficient (Wildman–Crippen LogP) is 4.48. The zero-order chi connectivity index (χ0) is 22.7. The Labute approximate surface area is 190 Å². The first-order chi connectivity index (χ1) is 15.4. The van der Waals surface area contributed by atoms with Crippen molar-refractivity contribution in [2.24, 2.45) is 0 Å². The van der Waals surface area contributed by atoms with E-state index < -0.39 is 6.10 Å². The van der Waals surface area contributed by atoms with Crippen molar-refractivity contribution in [2.75, 3.05) is 11.9 Å². The zero-order valence-corrected chi connectivity index (χ0v) is 18.1. The summed E-state index contributed by atoms with van der Waals surface area (Å²) in [4.78, 5) is 31.0. The van der Waals surface area contributed by atoms with Crippen LogP contribution in [0.4, 0.5) is 10.1 Å². The molecule has 1 atom stereocenters. The monoisotopic (exact) mass is 453 g/mol. The van der Waals surface area contributed by atoms with Gasteiger partial charge in [0, 0.05) is 30.5 Å². The molecule has 3 aromatic rings. The molecule has 2 amide bonds. The molecule has 8 heteroatoms. The van der Waals surface area contributed by atoms with Crippen molar-refractivity contribution in [3.8, 4) is 5.75 Å². The van der Waals surface area contributed by atoms with Crippen LogP contribution in [0.5, 0.6) is 5.75 Å². The number of amides is 2. The largest absolute Gasteiger partial charge is 0.481 e. The van der Waals surface area contributed by atoms with Gasteiger partial charge in [-0.15, -0.1) is 0 Å². The van der Waals surface area contributed by atoms with Crippen LogP contribution in [0.3, 0.4) is 0 Å². The van der Waals surface area contributed by atoms with E-state index in [1.807, 2.05) is 0 Å². The highest BCUT2D eigenvalue weighted by atomic mass is 35.5. The van der Waals surface area contributed by atoms with Crippen LogP contribution >= 0.6 is 11.6 Å². The lowest BCUT2D eigenvalue weighted by molar-refractivity contribution is -0.137. The maximum atomic E-state index is 13.2. The molecule has 2 heterocycles. The number of carbonyl (C=O) groups excluding carboxylic acids is 2. The number of aromatic nitrogens is 1. The first kappa shape index (κ1) is 21.8. The fourth-order valence-electron chi connectivity index (χ4n) is 3.54. The topological polar surface area (TPSA) is 71.5 Å². The average molecular weight is 454 g/mol. The van der Waals surface area contributed by atoms with Gasteiger partial charge in [-0.2, -0.15) is 0 Å². The van der Waals surface area contributed by atoms with Crippen molar-refractivity contribution in [3.05, 3.63) is 88.5 Å². The molecule has 0 saturated carbocycles. The van der Waals surface area contributed by atoms with Crippen molar-refractivity contribution in [1.29, 1.82) is 0 Å². The van der Waals surface area contributed by atoms with Gasteiger partial charge in [0.15, 0.2) is 6.10 Å². The lowest BCUT2D eigenvalue weighted by atomic mass is 10.1. The Morgan fingerprint density at radius 2 is 2.03 bits per heavy atom. The van der Waals surface area contributed by atoms with E-state index in [9.17, 15) is 14.0 Å². The Morgan fingerprint density at radius 1 is 1.25 bits per heavy atom. The van der Waals surface area contributed by atoms with Gasteiger partial charge in [0.1, 0.15) is 16.7 Å². The number of anilines is 1. The Morgan fingerprint density at radius 3 is 2.78 bits per heavy atom. The van der Waals surface area contributed by atoms with Crippen molar-refractivity contribution < 1.29 is 18.7 Å². The number of benzene rings is 2. The van der Waals surface area contributed by atoms with Crippen LogP contribution in [0.1, 0.15) is 28.4 Å². The standard InChI is InChI=1S/C24H21ClFN3O3/c1-15-24(31)29(12-10-16-4-6-18(26)7-5-16)14-17-13-19(8-9-21(17)32-15)28-23(30)20-3-2-11-27-22(20)25/h2-9,11,13,15H,10,12,14H2,1H3,(H,28,30). The molecule has 1 N–H and O–H groups in total. The number of nitrogens with zero attached hydrogens (tertiary/aromatic N) is 2. The summed E-state index contributed by atoms with van der Waals surface area (Å²) in [6.45, 7) is 2.50. The molecule has 0 radical (unpaired) electrons. The first-order valence-corrected chi connectivity index (χ1v) is 10.5. The van der Waals surface area contributed by atoms with E-state index in [0.717, 1.165) is 11.1 Å². The van der Waals surface area contributed by atoms with Crippen molar-refractivity contribution >= 4 is 29.1 Å². The highest BCUT2D eigenvalue weighted by molar-refractivity contribution is 6.33. The molecule has 0 spiro atoms. The summed E-state index contributed by atoms with van der Waals surface area (Å²) in [6.07, 6.45) is 1.46. The molecule has 0 saturated heterocycles. The minimum absolute atomic E-state index is 0.120. The number of fused-ring (bicyclic) bond motifs is 1. The lowest BCUT2D eigenvalue weighted by Crippen LogP contribution is -2.39. The molecule has 6 nitrogen and oxygen atoms in total. The molecule has 0 fully saturated rings. The van der Waals surface area contributed by atoms with Crippen LogP contribution in [-0.4, -0.2) is 34.3 Å². The van der Waals surface area contributed by atoms with Gasteiger partial charge >= 0.3 is 0 Å². The fourth-order valence-corrected chi connectivity index (χ4v) is 3.74. The van der Waals surface area contributed by atoms with E-state index in [-0.39, 0.29) is 28.3 Å². The molecule has 0 bridgehead atoms. The highest BCUT2D eigenvalue weighted by Gasteiger charge is 2.28. The smallest absolute Gasteiger partial charge is 0.263 e. The summed E-state index contributed by atoms with van der Waals surface area (Å²) >= 11 is 6.01. The molecule has 32 heavy (non-hydrogen) atoms. The van der Waals surface area contributed by atoms with Gasteiger partial charge in [-0.3, -0.25) is 9.59 Å². The van der Waals surface area contributed by atoms with E-state index in [1.165, 1.54) is 18.3 Å². The van der Waals surface area contributed by atoms with Gasteiger partial charge in [0.05, 0.1) is 5.56 Å². The highest BCUT2D eigenvalue weighted by Crippen LogP contribution is 2.29. The number of halogens is 2. The summed E-state index contributed by atoms with van der Waals surface area (Å²) in [5.74, 6) is -0.212. The Bertz CT molecular complexity index is 1150. The Balaban J connectivity index is 1.52. The number of ether oxygens (including phenoxy) is 1. The van der Waals surface area contributed by atoms with E-state index in [1.54, 1.807) is 54.3 Å². The number of rotatable bonds is 5. The van der Waals surface area contributed by atoms with Crippen LogP contribution in [0, 0.1) is 5.82 Å². The number of carbonyl (C=O) groups is 2. The molecule has 4 rings (SSSR count). The number of hydrogen-bond donors (Lipinski definition) is 1. The minimum atomic E-state index is -0.640. The van der Waals surface area contributed by atoms with Crippen LogP contribution in [0.2, 0.25) is 5.15 Å². The number of nitrogens with one attached hydrogen (secondary N) is 1. The number of hydrogen-bond acceptors (Lipinski definition) is 4. The molecule has 1 aliphatic heterocycles. The fraction of sp³-hybridized carbons (Fsp3) is 0.208. The molecule has 1 aliphatic rings. The van der Waals surface area contributed by atoms with Gasteiger partial charge in [0.2, 0.25) is 0 Å². The molecular formula is C24H21ClFN3O3. The molecule has 164 valence electrons. The Hall–Kier alpha value is -3.45. The summed E-state index contributed by atoms with van der Waals surface area (Å²) in [5.41, 5.74) is 2.53. The Kier molecular flexibility index (Phi) is 6.37. The quantitative estimate of drug-likeness (QED) is 0.578. The van der Waals surface area contributed by atoms with Crippen molar-refractivity contribution in [2.45, 2.75) is 26.0 Å². The summed E-state index contributed by atoms with van der Waals surface area (Å²) < 4.78 is 19.0. The first-order valence-electron chi connectivity index (χ1n) is 10.2. The van der Waals surface area contributed by atoms with Crippen LogP contribution in [0.15, 0.2) is 60.8 Å². The van der Waals surface area contributed by atoms with Crippen LogP contribution in [-0.2, 0) is 17.8 Å². The van der Waals surface area contributed by atoms with E-state index >= 15 is 0 Å². The third kappa shape index (κ3) is 4.89. The second-order valence-corrected chi connectivity index (χ2v) is 7.87. The average Bonchev–Trinajstić information content (AvgIpc) is 2.90. The third-order valence-corrected chi connectivity index (χ3v) is 5.53.